The molecule has 0 fully saturated rings. The molecule has 1 aromatic carbocycles. The molecule has 3 aromatic rings. The highest BCUT2D eigenvalue weighted by atomic mass is 32.2. The number of rotatable bonds is 8. The van der Waals surface area contributed by atoms with Crippen LogP contribution in [-0.2, 0) is 12.3 Å². The van der Waals surface area contributed by atoms with Gasteiger partial charge < -0.3 is 5.32 Å². The minimum atomic E-state index is -0.663. The molecule has 0 spiro atoms. The summed E-state index contributed by atoms with van der Waals surface area (Å²) in [6.07, 6.45) is 1.50. The number of nitrogens with zero attached hydrogens (tertiary/aromatic N) is 4. The maximum Gasteiger partial charge on any atom is 0.439 e. The van der Waals surface area contributed by atoms with Crippen LogP contribution in [0.3, 0.4) is 0 Å². The fourth-order valence-corrected chi connectivity index (χ4v) is 2.97. The zero-order valence-electron chi connectivity index (χ0n) is 14.1. The van der Waals surface area contributed by atoms with Gasteiger partial charge in [0.25, 0.3) is 5.91 Å². The molecule has 136 valence electrons. The third kappa shape index (κ3) is 4.39. The minimum absolute atomic E-state index is 0.113. The summed E-state index contributed by atoms with van der Waals surface area (Å²) in [5.74, 6) is 1.45. The van der Waals surface area contributed by atoms with Gasteiger partial charge in [0.2, 0.25) is 11.6 Å². The van der Waals surface area contributed by atoms with Gasteiger partial charge in [0.15, 0.2) is 0 Å². The molecule has 0 saturated heterocycles. The molecule has 10 heteroatoms. The van der Waals surface area contributed by atoms with Crippen molar-refractivity contribution in [1.82, 2.24) is 30.2 Å². The smallest absolute Gasteiger partial charge is 0.350 e. The lowest BCUT2D eigenvalue weighted by Gasteiger charge is -2.09. The summed E-state index contributed by atoms with van der Waals surface area (Å²) in [5.41, 5.74) is 1.71. The Hall–Kier alpha value is -2.88. The van der Waals surface area contributed by atoms with E-state index in [4.69, 9.17) is 0 Å². The molecule has 0 radical (unpaired) electrons. The Morgan fingerprint density at radius 3 is 3.00 bits per heavy atom. The van der Waals surface area contributed by atoms with E-state index in [1.807, 2.05) is 24.3 Å². The van der Waals surface area contributed by atoms with Gasteiger partial charge >= 0.3 is 5.76 Å². The molecular formula is C16H18N6O3S. The average Bonchev–Trinajstić information content (AvgIpc) is 3.29. The highest BCUT2D eigenvalue weighted by Gasteiger charge is 2.12. The lowest BCUT2D eigenvalue weighted by molar-refractivity contribution is 0.0951. The van der Waals surface area contributed by atoms with Crippen molar-refractivity contribution in [3.05, 3.63) is 52.3 Å². The molecule has 2 N–H and O–H groups in total. The first-order chi connectivity index (χ1) is 12.7. The first-order valence-corrected chi connectivity index (χ1v) is 9.22. The van der Waals surface area contributed by atoms with Gasteiger partial charge in [0.05, 0.1) is 6.54 Å². The fraction of sp³-hybridized carbons (Fsp3) is 0.312. The van der Waals surface area contributed by atoms with Crippen molar-refractivity contribution in [1.29, 1.82) is 0 Å². The first kappa shape index (κ1) is 17.9. The van der Waals surface area contributed by atoms with Gasteiger partial charge in [-0.3, -0.25) is 19.0 Å². The van der Waals surface area contributed by atoms with Crippen molar-refractivity contribution in [2.75, 3.05) is 12.3 Å². The van der Waals surface area contributed by atoms with E-state index in [0.717, 1.165) is 17.1 Å². The summed E-state index contributed by atoms with van der Waals surface area (Å²) in [7, 11) is 0. The van der Waals surface area contributed by atoms with Gasteiger partial charge in [0, 0.05) is 17.9 Å². The van der Waals surface area contributed by atoms with Crippen LogP contribution in [-0.4, -0.2) is 43.1 Å². The Bertz CT molecular complexity index is 932. The molecule has 1 amide bonds. The molecule has 0 unspecified atom stereocenters. The molecule has 2 heterocycles. The van der Waals surface area contributed by atoms with Gasteiger partial charge in [-0.25, -0.2) is 9.78 Å². The van der Waals surface area contributed by atoms with Crippen LogP contribution in [0.5, 0.6) is 0 Å². The van der Waals surface area contributed by atoms with Crippen LogP contribution in [0, 0.1) is 0 Å². The molecule has 0 aliphatic heterocycles. The number of carbonyl (C=O) groups excluding carboxylic acids is 1. The third-order valence-corrected chi connectivity index (χ3v) is 4.46. The van der Waals surface area contributed by atoms with Gasteiger partial charge in [-0.15, -0.1) is 5.10 Å². The van der Waals surface area contributed by atoms with Crippen molar-refractivity contribution in [2.24, 2.45) is 0 Å². The number of aromatic nitrogens is 5. The maximum absolute atomic E-state index is 12.4. The number of thioether (sulfide) groups is 1. The summed E-state index contributed by atoms with van der Waals surface area (Å²) < 4.78 is 5.98. The van der Waals surface area contributed by atoms with E-state index < -0.39 is 5.76 Å². The van der Waals surface area contributed by atoms with E-state index in [2.05, 4.69) is 37.0 Å². The Morgan fingerprint density at radius 2 is 2.23 bits per heavy atom. The first-order valence-electron chi connectivity index (χ1n) is 8.07. The molecule has 0 aliphatic carbocycles. The highest BCUT2D eigenvalue weighted by Crippen LogP contribution is 2.16. The largest absolute Gasteiger partial charge is 0.439 e. The number of H-pyrrole nitrogens is 1. The number of hydrogen-bond acceptors (Lipinski definition) is 7. The van der Waals surface area contributed by atoms with Crippen molar-refractivity contribution in [3.63, 3.8) is 0 Å². The molecule has 26 heavy (non-hydrogen) atoms. The molecular weight excluding hydrogens is 356 g/mol. The number of nitrogens with one attached hydrogen (secondary N) is 2. The van der Waals surface area contributed by atoms with Crippen LogP contribution in [0.4, 0.5) is 0 Å². The molecule has 0 saturated carbocycles. The number of aromatic amines is 1. The van der Waals surface area contributed by atoms with E-state index in [1.165, 1.54) is 6.33 Å². The van der Waals surface area contributed by atoms with Gasteiger partial charge in [0.1, 0.15) is 6.33 Å². The van der Waals surface area contributed by atoms with Gasteiger partial charge in [-0.2, -0.15) is 11.8 Å². The second kappa shape index (κ2) is 8.48. The molecule has 3 rings (SSSR count). The zero-order chi connectivity index (χ0) is 18.4. The van der Waals surface area contributed by atoms with E-state index in [1.54, 1.807) is 16.4 Å². The van der Waals surface area contributed by atoms with Crippen LogP contribution in [0.2, 0.25) is 0 Å². The number of carbonyl (C=O) groups is 1. The van der Waals surface area contributed by atoms with Crippen LogP contribution in [0.15, 0.2) is 39.9 Å². The van der Waals surface area contributed by atoms with Crippen molar-refractivity contribution in [3.8, 4) is 11.6 Å². The predicted molar refractivity (Wildman–Crippen MR) is 96.8 cm³/mol. The molecule has 0 bridgehead atoms. The van der Waals surface area contributed by atoms with E-state index in [0.29, 0.717) is 18.7 Å². The monoisotopic (exact) mass is 374 g/mol. The third-order valence-electron chi connectivity index (χ3n) is 3.54. The SMILES string of the molecule is CCSCc1ccccc1C(=O)NCCn1cnc(-c2noc(=O)[nH]2)n1. The Labute approximate surface area is 153 Å². The van der Waals surface area contributed by atoms with Crippen LogP contribution >= 0.6 is 11.8 Å². The minimum Gasteiger partial charge on any atom is -0.350 e. The van der Waals surface area contributed by atoms with Crippen LogP contribution < -0.4 is 11.1 Å². The lowest BCUT2D eigenvalue weighted by atomic mass is 10.1. The Morgan fingerprint density at radius 1 is 1.38 bits per heavy atom. The summed E-state index contributed by atoms with van der Waals surface area (Å²) >= 11 is 1.77. The Balaban J connectivity index is 1.56. The topological polar surface area (TPSA) is 119 Å². The number of amides is 1. The van der Waals surface area contributed by atoms with E-state index in [-0.39, 0.29) is 17.6 Å². The van der Waals surface area contributed by atoms with Gasteiger partial charge in [-0.1, -0.05) is 30.3 Å². The lowest BCUT2D eigenvalue weighted by Crippen LogP contribution is -2.28. The number of benzene rings is 1. The molecule has 0 atom stereocenters. The second-order valence-electron chi connectivity index (χ2n) is 5.33. The predicted octanol–water partition coefficient (Wildman–Crippen LogP) is 1.30. The standard InChI is InChI=1S/C16H18N6O3S/c1-2-26-9-11-5-3-4-6-12(11)15(23)17-7-8-22-10-18-13(20-22)14-19-16(24)25-21-14/h3-6,10H,2,7-9H2,1H3,(H,17,23)(H,19,21,24). The molecule has 9 nitrogen and oxygen atoms in total. The number of hydrogen-bond donors (Lipinski definition) is 2. The Kier molecular flexibility index (Phi) is 5.84. The fourth-order valence-electron chi connectivity index (χ4n) is 2.30. The van der Waals surface area contributed by atoms with Crippen molar-refractivity contribution < 1.29 is 9.32 Å². The quantitative estimate of drug-likeness (QED) is 0.610. The van der Waals surface area contributed by atoms with E-state index in [9.17, 15) is 9.59 Å². The molecule has 2 aromatic heterocycles. The summed E-state index contributed by atoms with van der Waals surface area (Å²) in [5, 5.41) is 10.6. The normalized spacial score (nSPS) is 10.8. The van der Waals surface area contributed by atoms with Gasteiger partial charge in [-0.05, 0) is 17.4 Å². The summed E-state index contributed by atoms with van der Waals surface area (Å²) in [6.45, 7) is 2.92. The average molecular weight is 374 g/mol. The van der Waals surface area contributed by atoms with Crippen molar-refractivity contribution >= 4 is 17.7 Å². The van der Waals surface area contributed by atoms with Crippen LogP contribution in [0.25, 0.3) is 11.6 Å². The zero-order valence-corrected chi connectivity index (χ0v) is 15.0. The van der Waals surface area contributed by atoms with E-state index >= 15 is 0 Å². The summed E-state index contributed by atoms with van der Waals surface area (Å²) in [6, 6.07) is 7.60. The summed E-state index contributed by atoms with van der Waals surface area (Å²) in [4.78, 5) is 29.8. The van der Waals surface area contributed by atoms with Crippen LogP contribution in [0.1, 0.15) is 22.8 Å². The maximum atomic E-state index is 12.4. The highest BCUT2D eigenvalue weighted by molar-refractivity contribution is 7.98. The second-order valence-corrected chi connectivity index (χ2v) is 6.60. The molecule has 0 aliphatic rings. The van der Waals surface area contributed by atoms with Crippen molar-refractivity contribution in [2.45, 2.75) is 19.2 Å².